The normalized spacial score (nSPS) is 14.5. The molecule has 8 heteroatoms. The summed E-state index contributed by atoms with van der Waals surface area (Å²) >= 11 is 6.01. The molecule has 0 saturated heterocycles. The quantitative estimate of drug-likeness (QED) is 0.465. The number of rotatable bonds is 11. The highest BCUT2D eigenvalue weighted by molar-refractivity contribution is 6.30. The van der Waals surface area contributed by atoms with Crippen LogP contribution in [0, 0.1) is 0 Å². The summed E-state index contributed by atoms with van der Waals surface area (Å²) in [4.78, 5) is 54.4. The molecule has 0 spiro atoms. The average molecular weight is 498 g/mol. The molecule has 4 amide bonds. The lowest BCUT2D eigenvalue weighted by Gasteiger charge is -2.31. The van der Waals surface area contributed by atoms with Gasteiger partial charge in [-0.15, -0.1) is 0 Å². The van der Waals surface area contributed by atoms with Gasteiger partial charge in [-0.3, -0.25) is 24.1 Å². The summed E-state index contributed by atoms with van der Waals surface area (Å²) in [6.45, 7) is 6.19. The molecule has 0 saturated carbocycles. The van der Waals surface area contributed by atoms with Gasteiger partial charge in [-0.1, -0.05) is 49.7 Å². The Morgan fingerprint density at radius 2 is 1.57 bits per heavy atom. The summed E-state index contributed by atoms with van der Waals surface area (Å²) in [5.74, 6) is -1.07. The van der Waals surface area contributed by atoms with E-state index in [9.17, 15) is 19.2 Å². The molecular formula is C27H32ClN3O4. The van der Waals surface area contributed by atoms with E-state index in [1.165, 1.54) is 4.90 Å². The van der Waals surface area contributed by atoms with Crippen LogP contribution in [0.2, 0.25) is 5.02 Å². The largest absolute Gasteiger partial charge is 0.352 e. The fourth-order valence-corrected chi connectivity index (χ4v) is 4.25. The van der Waals surface area contributed by atoms with Gasteiger partial charge in [-0.25, -0.2) is 0 Å². The Labute approximate surface area is 211 Å². The van der Waals surface area contributed by atoms with E-state index in [4.69, 9.17) is 11.6 Å². The van der Waals surface area contributed by atoms with Gasteiger partial charge in [0, 0.05) is 30.6 Å². The minimum Gasteiger partial charge on any atom is -0.352 e. The molecule has 2 unspecified atom stereocenters. The fourth-order valence-electron chi connectivity index (χ4n) is 4.12. The lowest BCUT2D eigenvalue weighted by atomic mass is 10.1. The van der Waals surface area contributed by atoms with Crippen molar-refractivity contribution >= 4 is 35.2 Å². The maximum absolute atomic E-state index is 13.4. The first-order valence-corrected chi connectivity index (χ1v) is 12.4. The van der Waals surface area contributed by atoms with Crippen LogP contribution < -0.4 is 5.32 Å². The zero-order valence-corrected chi connectivity index (χ0v) is 21.2. The molecule has 1 aliphatic heterocycles. The number of nitrogens with one attached hydrogen (secondary N) is 1. The van der Waals surface area contributed by atoms with Gasteiger partial charge < -0.3 is 10.2 Å². The van der Waals surface area contributed by atoms with Gasteiger partial charge in [0.15, 0.2) is 0 Å². The maximum atomic E-state index is 13.4. The minimum absolute atomic E-state index is 0.00198. The fraction of sp³-hybridized carbons (Fsp3) is 0.407. The van der Waals surface area contributed by atoms with Crippen LogP contribution in [-0.2, 0) is 16.1 Å². The first kappa shape index (κ1) is 26.4. The monoisotopic (exact) mass is 497 g/mol. The summed E-state index contributed by atoms with van der Waals surface area (Å²) in [6, 6.07) is 13.3. The third-order valence-corrected chi connectivity index (χ3v) is 6.56. The standard InChI is InChI=1S/C27H32ClN3O4/c1-4-18(3)29-25(33)23(5-2)31(17-19-12-14-20(28)15-13-19)24(32)11-8-16-30-26(34)21-9-6-7-10-22(21)27(30)35/h6-7,9-10,12-15,18,23H,4-5,8,11,16-17H2,1-3H3,(H,29,33). The van der Waals surface area contributed by atoms with Crippen LogP contribution in [0.5, 0.6) is 0 Å². The van der Waals surface area contributed by atoms with Gasteiger partial charge in [-0.2, -0.15) is 0 Å². The van der Waals surface area contributed by atoms with Gasteiger partial charge in [0.25, 0.3) is 11.8 Å². The topological polar surface area (TPSA) is 86.8 Å². The van der Waals surface area contributed by atoms with E-state index in [2.05, 4.69) is 5.32 Å². The zero-order chi connectivity index (χ0) is 25.5. The van der Waals surface area contributed by atoms with Crippen molar-refractivity contribution in [3.8, 4) is 0 Å². The van der Waals surface area contributed by atoms with E-state index in [0.717, 1.165) is 12.0 Å². The summed E-state index contributed by atoms with van der Waals surface area (Å²) in [6.07, 6.45) is 1.66. The van der Waals surface area contributed by atoms with Gasteiger partial charge in [0.05, 0.1) is 11.1 Å². The van der Waals surface area contributed by atoms with Gasteiger partial charge >= 0.3 is 0 Å². The highest BCUT2D eigenvalue weighted by Gasteiger charge is 2.35. The molecule has 0 bridgehead atoms. The molecule has 1 N–H and O–H groups in total. The van der Waals surface area contributed by atoms with E-state index in [-0.39, 0.29) is 49.2 Å². The first-order chi connectivity index (χ1) is 16.8. The molecule has 35 heavy (non-hydrogen) atoms. The molecular weight excluding hydrogens is 466 g/mol. The van der Waals surface area contributed by atoms with Crippen molar-refractivity contribution < 1.29 is 19.2 Å². The van der Waals surface area contributed by atoms with E-state index < -0.39 is 6.04 Å². The summed E-state index contributed by atoms with van der Waals surface area (Å²) in [5, 5.41) is 3.57. The van der Waals surface area contributed by atoms with Crippen LogP contribution in [0.1, 0.15) is 72.7 Å². The number of carbonyl (C=O) groups excluding carboxylic acids is 4. The van der Waals surface area contributed by atoms with Gasteiger partial charge in [0.2, 0.25) is 11.8 Å². The predicted octanol–water partition coefficient (Wildman–Crippen LogP) is 4.44. The minimum atomic E-state index is -0.633. The van der Waals surface area contributed by atoms with E-state index in [0.29, 0.717) is 29.0 Å². The van der Waals surface area contributed by atoms with E-state index >= 15 is 0 Å². The molecule has 3 rings (SSSR count). The number of benzene rings is 2. The number of nitrogens with zero attached hydrogens (tertiary/aromatic N) is 2. The number of imide groups is 1. The molecule has 0 aliphatic carbocycles. The lowest BCUT2D eigenvalue weighted by molar-refractivity contribution is -0.141. The Balaban J connectivity index is 1.71. The van der Waals surface area contributed by atoms with E-state index in [1.807, 2.05) is 32.9 Å². The number of hydrogen-bond donors (Lipinski definition) is 1. The second kappa shape index (κ2) is 12.0. The summed E-state index contributed by atoms with van der Waals surface area (Å²) < 4.78 is 0. The average Bonchev–Trinajstić information content (AvgIpc) is 3.09. The summed E-state index contributed by atoms with van der Waals surface area (Å²) in [5.41, 5.74) is 1.64. The molecule has 7 nitrogen and oxygen atoms in total. The Morgan fingerprint density at radius 3 is 2.11 bits per heavy atom. The van der Waals surface area contributed by atoms with Crippen LogP contribution >= 0.6 is 11.6 Å². The lowest BCUT2D eigenvalue weighted by Crippen LogP contribution is -2.50. The molecule has 1 heterocycles. The Hall–Kier alpha value is -3.19. The van der Waals surface area contributed by atoms with Crippen molar-refractivity contribution in [1.29, 1.82) is 0 Å². The Kier molecular flexibility index (Phi) is 9.04. The molecule has 0 radical (unpaired) electrons. The molecule has 186 valence electrons. The third kappa shape index (κ3) is 6.28. The van der Waals surface area contributed by atoms with Crippen molar-refractivity contribution in [2.24, 2.45) is 0 Å². The SMILES string of the molecule is CCC(C)NC(=O)C(CC)N(Cc1ccc(Cl)cc1)C(=O)CCCN1C(=O)c2ccccc2C1=O. The van der Waals surface area contributed by atoms with Crippen molar-refractivity contribution in [1.82, 2.24) is 15.1 Å². The summed E-state index contributed by atoms with van der Waals surface area (Å²) in [7, 11) is 0. The van der Waals surface area contributed by atoms with Crippen molar-refractivity contribution in [2.75, 3.05) is 6.54 Å². The highest BCUT2D eigenvalue weighted by Crippen LogP contribution is 2.23. The maximum Gasteiger partial charge on any atom is 0.261 e. The van der Waals surface area contributed by atoms with Crippen molar-refractivity contribution in [3.63, 3.8) is 0 Å². The Bertz CT molecular complexity index is 1050. The number of hydrogen-bond acceptors (Lipinski definition) is 4. The molecule has 1 aliphatic rings. The second-order valence-electron chi connectivity index (χ2n) is 8.80. The predicted molar refractivity (Wildman–Crippen MR) is 135 cm³/mol. The van der Waals surface area contributed by atoms with Crippen molar-refractivity contribution in [2.45, 2.75) is 65.1 Å². The van der Waals surface area contributed by atoms with Crippen LogP contribution in [0.4, 0.5) is 0 Å². The van der Waals surface area contributed by atoms with Crippen molar-refractivity contribution in [3.05, 3.63) is 70.2 Å². The van der Waals surface area contributed by atoms with Crippen LogP contribution in [0.25, 0.3) is 0 Å². The number of fused-ring (bicyclic) bond motifs is 1. The van der Waals surface area contributed by atoms with Crippen LogP contribution in [-0.4, -0.2) is 52.1 Å². The van der Waals surface area contributed by atoms with Gasteiger partial charge in [0.1, 0.15) is 6.04 Å². The third-order valence-electron chi connectivity index (χ3n) is 6.30. The number of carbonyl (C=O) groups is 4. The molecule has 2 atom stereocenters. The molecule has 0 fully saturated rings. The van der Waals surface area contributed by atoms with E-state index in [1.54, 1.807) is 41.3 Å². The molecule has 2 aromatic carbocycles. The first-order valence-electron chi connectivity index (χ1n) is 12.1. The van der Waals surface area contributed by atoms with Gasteiger partial charge in [-0.05, 0) is 56.0 Å². The Morgan fingerprint density at radius 1 is 0.971 bits per heavy atom. The highest BCUT2D eigenvalue weighted by atomic mass is 35.5. The van der Waals surface area contributed by atoms with Crippen LogP contribution in [0.3, 0.4) is 0 Å². The van der Waals surface area contributed by atoms with Crippen LogP contribution in [0.15, 0.2) is 48.5 Å². The second-order valence-corrected chi connectivity index (χ2v) is 9.24. The smallest absolute Gasteiger partial charge is 0.261 e. The molecule has 0 aromatic heterocycles. The number of halogens is 1. The number of amides is 4. The molecule has 2 aromatic rings. The zero-order valence-electron chi connectivity index (χ0n) is 20.4.